The maximum atomic E-state index is 13.2. The Bertz CT molecular complexity index is 1110. The van der Waals surface area contributed by atoms with Crippen molar-refractivity contribution in [2.75, 3.05) is 18.5 Å². The van der Waals surface area contributed by atoms with Crippen LogP contribution in [0.5, 0.6) is 11.5 Å². The summed E-state index contributed by atoms with van der Waals surface area (Å²) in [5.41, 5.74) is 2.91. The summed E-state index contributed by atoms with van der Waals surface area (Å²) < 4.78 is 24.5. The molecule has 7 nitrogen and oxygen atoms in total. The maximum absolute atomic E-state index is 13.2. The van der Waals surface area contributed by atoms with Crippen molar-refractivity contribution in [3.8, 4) is 11.5 Å². The number of fused-ring (bicyclic) bond motifs is 1. The number of carbonyl (C=O) groups is 1. The third-order valence-corrected chi connectivity index (χ3v) is 5.24. The van der Waals surface area contributed by atoms with Crippen LogP contribution in [0.2, 0.25) is 0 Å². The number of nitrogens with zero attached hydrogens (tertiary/aromatic N) is 2. The number of rotatable bonds is 9. The average molecular weight is 437 g/mol. The minimum absolute atomic E-state index is 0.00970. The Kier molecular flexibility index (Phi) is 6.79. The van der Waals surface area contributed by atoms with Gasteiger partial charge >= 0.3 is 5.97 Å². The number of nitrogens with one attached hydrogen (secondary N) is 1. The van der Waals surface area contributed by atoms with Crippen molar-refractivity contribution < 1.29 is 23.8 Å². The highest BCUT2D eigenvalue weighted by molar-refractivity contribution is 5.88. The number of carboxylic acid groups (broad SMARTS) is 1. The van der Waals surface area contributed by atoms with Gasteiger partial charge in [-0.25, -0.2) is 19.2 Å². The fourth-order valence-electron chi connectivity index (χ4n) is 3.63. The molecule has 0 spiro atoms. The molecule has 166 valence electrons. The highest BCUT2D eigenvalue weighted by Crippen LogP contribution is 2.26. The lowest BCUT2D eigenvalue weighted by atomic mass is 9.92. The van der Waals surface area contributed by atoms with Crippen LogP contribution in [0.1, 0.15) is 40.0 Å². The second-order valence-corrected chi connectivity index (χ2v) is 7.52. The van der Waals surface area contributed by atoms with Crippen molar-refractivity contribution in [1.82, 2.24) is 9.97 Å². The van der Waals surface area contributed by atoms with Gasteiger partial charge in [0.25, 0.3) is 0 Å². The lowest BCUT2D eigenvalue weighted by Crippen LogP contribution is -2.16. The average Bonchev–Trinajstić information content (AvgIpc) is 2.80. The molecule has 0 saturated carbocycles. The first-order valence-electron chi connectivity index (χ1n) is 10.5. The second kappa shape index (κ2) is 10.1. The second-order valence-electron chi connectivity index (χ2n) is 7.52. The van der Waals surface area contributed by atoms with Crippen LogP contribution in [0.3, 0.4) is 0 Å². The summed E-state index contributed by atoms with van der Waals surface area (Å²) in [5.74, 6) is -0.102. The molecule has 0 bridgehead atoms. The van der Waals surface area contributed by atoms with Gasteiger partial charge in [0.05, 0.1) is 12.2 Å². The van der Waals surface area contributed by atoms with E-state index in [0.717, 1.165) is 12.8 Å². The fourth-order valence-corrected chi connectivity index (χ4v) is 3.63. The van der Waals surface area contributed by atoms with Crippen molar-refractivity contribution in [3.63, 3.8) is 0 Å². The Labute approximate surface area is 185 Å². The first-order chi connectivity index (χ1) is 15.6. The molecule has 1 aromatic heterocycles. The third kappa shape index (κ3) is 5.51. The molecule has 0 radical (unpaired) electrons. The summed E-state index contributed by atoms with van der Waals surface area (Å²) >= 11 is 0. The van der Waals surface area contributed by atoms with Gasteiger partial charge in [-0.3, -0.25) is 0 Å². The summed E-state index contributed by atoms with van der Waals surface area (Å²) in [6.07, 6.45) is 5.76. The lowest BCUT2D eigenvalue weighted by molar-refractivity contribution is 0.0692. The SMILES string of the molecule is O=C(O)c1cnc(NCCOc2cccc(F)c2)nc1COc1ccc2c(c1)CCCC2. The zero-order chi connectivity index (χ0) is 22.3. The molecule has 8 heteroatoms. The Balaban J connectivity index is 1.37. The number of benzene rings is 2. The molecule has 2 aromatic carbocycles. The number of carboxylic acids is 1. The largest absolute Gasteiger partial charge is 0.492 e. The number of anilines is 1. The van der Waals surface area contributed by atoms with Crippen LogP contribution in [0.25, 0.3) is 0 Å². The van der Waals surface area contributed by atoms with Gasteiger partial charge in [0, 0.05) is 12.3 Å². The van der Waals surface area contributed by atoms with Crippen LogP contribution in [0.4, 0.5) is 10.3 Å². The van der Waals surface area contributed by atoms with Crippen LogP contribution >= 0.6 is 0 Å². The lowest BCUT2D eigenvalue weighted by Gasteiger charge is -2.17. The van der Waals surface area contributed by atoms with E-state index in [2.05, 4.69) is 21.4 Å². The molecule has 32 heavy (non-hydrogen) atoms. The highest BCUT2D eigenvalue weighted by atomic mass is 19.1. The Hall–Kier alpha value is -3.68. The summed E-state index contributed by atoms with van der Waals surface area (Å²) in [6.45, 7) is 0.625. The Morgan fingerprint density at radius 1 is 1.06 bits per heavy atom. The third-order valence-electron chi connectivity index (χ3n) is 5.24. The van der Waals surface area contributed by atoms with E-state index in [1.807, 2.05) is 12.1 Å². The van der Waals surface area contributed by atoms with Gasteiger partial charge in [-0.15, -0.1) is 0 Å². The van der Waals surface area contributed by atoms with Crippen molar-refractivity contribution >= 4 is 11.9 Å². The number of hydrogen-bond donors (Lipinski definition) is 2. The van der Waals surface area contributed by atoms with E-state index in [9.17, 15) is 14.3 Å². The first kappa shape index (κ1) is 21.5. The highest BCUT2D eigenvalue weighted by Gasteiger charge is 2.15. The minimum Gasteiger partial charge on any atom is -0.492 e. The van der Waals surface area contributed by atoms with Gasteiger partial charge in [0.15, 0.2) is 0 Å². The predicted octanol–water partition coefficient (Wildman–Crippen LogP) is 4.26. The number of aromatic carboxylic acids is 1. The maximum Gasteiger partial charge on any atom is 0.339 e. The summed E-state index contributed by atoms with van der Waals surface area (Å²) in [6, 6.07) is 11.9. The van der Waals surface area contributed by atoms with Crippen molar-refractivity contribution in [3.05, 3.63) is 76.9 Å². The molecule has 3 aromatic rings. The molecule has 0 fully saturated rings. The number of aromatic nitrogens is 2. The molecule has 0 atom stereocenters. The molecule has 2 N–H and O–H groups in total. The summed E-state index contributed by atoms with van der Waals surface area (Å²) in [5, 5.41) is 12.5. The fraction of sp³-hybridized carbons (Fsp3) is 0.292. The molecule has 1 aliphatic carbocycles. The van der Waals surface area contributed by atoms with Gasteiger partial charge in [-0.05, 0) is 61.1 Å². The zero-order valence-electron chi connectivity index (χ0n) is 17.5. The predicted molar refractivity (Wildman–Crippen MR) is 117 cm³/mol. The molecular formula is C24H24FN3O4. The van der Waals surface area contributed by atoms with Gasteiger partial charge in [-0.2, -0.15) is 0 Å². The van der Waals surface area contributed by atoms with Gasteiger partial charge in [0.1, 0.15) is 36.1 Å². The van der Waals surface area contributed by atoms with Crippen LogP contribution in [-0.2, 0) is 19.4 Å². The molecule has 1 heterocycles. The van der Waals surface area contributed by atoms with E-state index in [4.69, 9.17) is 9.47 Å². The molecular weight excluding hydrogens is 413 g/mol. The number of aryl methyl sites for hydroxylation is 2. The van der Waals surface area contributed by atoms with Gasteiger partial charge < -0.3 is 19.9 Å². The molecule has 0 amide bonds. The Morgan fingerprint density at radius 3 is 2.69 bits per heavy atom. The van der Waals surface area contributed by atoms with E-state index >= 15 is 0 Å². The zero-order valence-corrected chi connectivity index (χ0v) is 17.5. The molecule has 0 saturated heterocycles. The van der Waals surface area contributed by atoms with Crippen LogP contribution in [-0.4, -0.2) is 34.2 Å². The van der Waals surface area contributed by atoms with Crippen LogP contribution in [0.15, 0.2) is 48.7 Å². The van der Waals surface area contributed by atoms with Crippen molar-refractivity contribution in [1.29, 1.82) is 0 Å². The van der Waals surface area contributed by atoms with Crippen molar-refractivity contribution in [2.24, 2.45) is 0 Å². The van der Waals surface area contributed by atoms with Crippen LogP contribution < -0.4 is 14.8 Å². The molecule has 0 unspecified atom stereocenters. The van der Waals surface area contributed by atoms with E-state index in [0.29, 0.717) is 18.0 Å². The van der Waals surface area contributed by atoms with Gasteiger partial charge in [0.2, 0.25) is 5.95 Å². The molecule has 0 aliphatic heterocycles. The van der Waals surface area contributed by atoms with E-state index in [1.54, 1.807) is 12.1 Å². The van der Waals surface area contributed by atoms with Crippen LogP contribution in [0, 0.1) is 5.82 Å². The normalized spacial score (nSPS) is 12.7. The Morgan fingerprint density at radius 2 is 1.88 bits per heavy atom. The van der Waals surface area contributed by atoms with Gasteiger partial charge in [-0.1, -0.05) is 12.1 Å². The van der Waals surface area contributed by atoms with E-state index in [1.165, 1.54) is 42.3 Å². The summed E-state index contributed by atoms with van der Waals surface area (Å²) in [7, 11) is 0. The van der Waals surface area contributed by atoms with E-state index in [-0.39, 0.29) is 36.2 Å². The first-order valence-corrected chi connectivity index (χ1v) is 10.5. The number of hydrogen-bond acceptors (Lipinski definition) is 6. The molecule has 1 aliphatic rings. The number of ether oxygens (including phenoxy) is 2. The molecule has 4 rings (SSSR count). The summed E-state index contributed by atoms with van der Waals surface area (Å²) in [4.78, 5) is 19.9. The minimum atomic E-state index is -1.12. The van der Waals surface area contributed by atoms with E-state index < -0.39 is 5.97 Å². The monoisotopic (exact) mass is 437 g/mol. The smallest absolute Gasteiger partial charge is 0.339 e. The quantitative estimate of drug-likeness (QED) is 0.483. The van der Waals surface area contributed by atoms with Crippen molar-refractivity contribution in [2.45, 2.75) is 32.3 Å². The standard InChI is InChI=1S/C24H24FN3O4/c25-18-6-3-7-19(13-18)31-11-10-26-24-27-14-21(23(29)30)22(28-24)15-32-20-9-8-16-4-1-2-5-17(16)12-20/h3,6-9,12-14H,1-2,4-5,10-11,15H2,(H,29,30)(H,26,27,28). The topological polar surface area (TPSA) is 93.6 Å². The number of halogens is 1.